The lowest BCUT2D eigenvalue weighted by molar-refractivity contribution is -0.126. The minimum absolute atomic E-state index is 0.167. The quantitative estimate of drug-likeness (QED) is 0.740. The van der Waals surface area contributed by atoms with E-state index >= 15 is 0 Å². The van der Waals surface area contributed by atoms with Gasteiger partial charge in [0.15, 0.2) is 5.82 Å². The SMILES string of the molecule is CC[C@@]1(C2CCN(Cc3cnc(COC)nc3)CC2)NC(=O)NC1=O. The zero-order chi connectivity index (χ0) is 17.9. The summed E-state index contributed by atoms with van der Waals surface area (Å²) in [6.45, 7) is 4.93. The smallest absolute Gasteiger partial charge is 0.322 e. The van der Waals surface area contributed by atoms with Gasteiger partial charge < -0.3 is 10.1 Å². The number of ether oxygens (including phenoxy) is 1. The molecule has 2 saturated heterocycles. The lowest BCUT2D eigenvalue weighted by Crippen LogP contribution is -2.55. The number of nitrogens with zero attached hydrogens (tertiary/aromatic N) is 3. The highest BCUT2D eigenvalue weighted by Gasteiger charge is 2.50. The Labute approximate surface area is 147 Å². The number of imide groups is 1. The molecule has 3 heterocycles. The maximum absolute atomic E-state index is 12.3. The number of likely N-dealkylation sites (tertiary alicyclic amines) is 1. The molecule has 1 aromatic heterocycles. The first kappa shape index (κ1) is 17.8. The fourth-order valence-electron chi connectivity index (χ4n) is 3.84. The number of aromatic nitrogens is 2. The van der Waals surface area contributed by atoms with Gasteiger partial charge in [-0.15, -0.1) is 0 Å². The van der Waals surface area contributed by atoms with Crippen LogP contribution in [0, 0.1) is 5.92 Å². The molecule has 2 aliphatic heterocycles. The number of urea groups is 1. The first-order valence-electron chi connectivity index (χ1n) is 8.72. The van der Waals surface area contributed by atoms with E-state index in [1.165, 1.54) is 0 Å². The van der Waals surface area contributed by atoms with Crippen molar-refractivity contribution < 1.29 is 14.3 Å². The number of carbonyl (C=O) groups excluding carboxylic acids is 2. The predicted octanol–water partition coefficient (Wildman–Crippen LogP) is 0.823. The fourth-order valence-corrected chi connectivity index (χ4v) is 3.84. The molecule has 136 valence electrons. The van der Waals surface area contributed by atoms with E-state index in [1.807, 2.05) is 19.3 Å². The Morgan fingerprint density at radius 2 is 1.96 bits per heavy atom. The van der Waals surface area contributed by atoms with Crippen molar-refractivity contribution in [2.45, 2.75) is 44.9 Å². The number of hydrogen-bond donors (Lipinski definition) is 2. The number of rotatable bonds is 6. The highest BCUT2D eigenvalue weighted by molar-refractivity contribution is 6.07. The standard InChI is InChI=1S/C17H25N5O3/c1-3-17(15(23)20-16(24)21-17)13-4-6-22(7-5-13)10-12-8-18-14(11-25-2)19-9-12/h8-9,13H,3-7,10-11H2,1-2H3,(H2,20,21,23,24)/t17-/m0/s1. The minimum Gasteiger partial charge on any atom is -0.377 e. The molecule has 2 N–H and O–H groups in total. The van der Waals surface area contributed by atoms with Crippen LogP contribution >= 0.6 is 0 Å². The summed E-state index contributed by atoms with van der Waals surface area (Å²) in [6.07, 6.45) is 6.05. The average molecular weight is 347 g/mol. The Hall–Kier alpha value is -2.06. The van der Waals surface area contributed by atoms with Crippen LogP contribution in [-0.4, -0.2) is 52.5 Å². The molecule has 0 spiro atoms. The summed E-state index contributed by atoms with van der Waals surface area (Å²) in [5, 5.41) is 5.26. The Kier molecular flexibility index (Phi) is 5.29. The molecule has 25 heavy (non-hydrogen) atoms. The number of hydrogen-bond acceptors (Lipinski definition) is 6. The molecule has 0 bridgehead atoms. The highest BCUT2D eigenvalue weighted by atomic mass is 16.5. The first-order chi connectivity index (χ1) is 12.1. The van der Waals surface area contributed by atoms with Gasteiger partial charge in [0.25, 0.3) is 5.91 Å². The predicted molar refractivity (Wildman–Crippen MR) is 90.4 cm³/mol. The molecule has 2 aliphatic rings. The topological polar surface area (TPSA) is 96.4 Å². The molecular weight excluding hydrogens is 322 g/mol. The van der Waals surface area contributed by atoms with Crippen LogP contribution in [0.1, 0.15) is 37.6 Å². The normalized spacial score (nSPS) is 25.0. The van der Waals surface area contributed by atoms with Gasteiger partial charge in [-0.25, -0.2) is 14.8 Å². The van der Waals surface area contributed by atoms with Crippen molar-refractivity contribution in [2.75, 3.05) is 20.2 Å². The van der Waals surface area contributed by atoms with E-state index in [0.29, 0.717) is 18.9 Å². The Morgan fingerprint density at radius 3 is 2.48 bits per heavy atom. The molecule has 2 fully saturated rings. The van der Waals surface area contributed by atoms with Gasteiger partial charge in [-0.2, -0.15) is 0 Å². The van der Waals surface area contributed by atoms with Gasteiger partial charge in [-0.3, -0.25) is 15.0 Å². The van der Waals surface area contributed by atoms with Crippen LogP contribution in [-0.2, 0) is 22.7 Å². The third kappa shape index (κ3) is 3.64. The van der Waals surface area contributed by atoms with Crippen molar-refractivity contribution in [1.29, 1.82) is 0 Å². The van der Waals surface area contributed by atoms with Crippen molar-refractivity contribution >= 4 is 11.9 Å². The van der Waals surface area contributed by atoms with E-state index < -0.39 is 5.54 Å². The van der Waals surface area contributed by atoms with Gasteiger partial charge in [0.05, 0.1) is 0 Å². The molecule has 0 aromatic carbocycles. The van der Waals surface area contributed by atoms with Gasteiger partial charge in [0.1, 0.15) is 12.1 Å². The average Bonchev–Trinajstić information content (AvgIpc) is 2.92. The Morgan fingerprint density at radius 1 is 1.28 bits per heavy atom. The Balaban J connectivity index is 1.56. The van der Waals surface area contributed by atoms with Crippen LogP contribution in [0.5, 0.6) is 0 Å². The van der Waals surface area contributed by atoms with Crippen molar-refractivity contribution in [1.82, 2.24) is 25.5 Å². The fraction of sp³-hybridized carbons (Fsp3) is 0.647. The number of nitrogens with one attached hydrogen (secondary N) is 2. The van der Waals surface area contributed by atoms with Gasteiger partial charge in [0.2, 0.25) is 0 Å². The van der Waals surface area contributed by atoms with E-state index in [2.05, 4.69) is 25.5 Å². The monoisotopic (exact) mass is 347 g/mol. The lowest BCUT2D eigenvalue weighted by Gasteiger charge is -2.40. The molecule has 0 unspecified atom stereocenters. The minimum atomic E-state index is -0.742. The molecule has 0 saturated carbocycles. The molecule has 3 amide bonds. The summed E-state index contributed by atoms with van der Waals surface area (Å²) in [5.74, 6) is 0.666. The largest absolute Gasteiger partial charge is 0.377 e. The van der Waals surface area contributed by atoms with Crippen LogP contribution in [0.15, 0.2) is 12.4 Å². The van der Waals surface area contributed by atoms with Crippen molar-refractivity contribution in [3.8, 4) is 0 Å². The van der Waals surface area contributed by atoms with Crippen molar-refractivity contribution in [2.24, 2.45) is 5.92 Å². The van der Waals surface area contributed by atoms with Gasteiger partial charge in [0, 0.05) is 31.6 Å². The lowest BCUT2D eigenvalue weighted by atomic mass is 9.76. The summed E-state index contributed by atoms with van der Waals surface area (Å²) < 4.78 is 5.02. The van der Waals surface area contributed by atoms with E-state index in [9.17, 15) is 9.59 Å². The zero-order valence-electron chi connectivity index (χ0n) is 14.7. The number of carbonyl (C=O) groups is 2. The third-order valence-electron chi connectivity index (χ3n) is 5.25. The summed E-state index contributed by atoms with van der Waals surface area (Å²) in [7, 11) is 1.62. The van der Waals surface area contributed by atoms with Gasteiger partial charge in [-0.1, -0.05) is 6.92 Å². The summed E-state index contributed by atoms with van der Waals surface area (Å²) in [4.78, 5) is 34.8. The molecule has 3 rings (SSSR count). The maximum atomic E-state index is 12.3. The second-order valence-electron chi connectivity index (χ2n) is 6.72. The summed E-state index contributed by atoms with van der Waals surface area (Å²) in [6, 6.07) is -0.373. The van der Waals surface area contributed by atoms with Gasteiger partial charge in [-0.05, 0) is 38.3 Å². The Bertz CT molecular complexity index is 628. The van der Waals surface area contributed by atoms with Gasteiger partial charge >= 0.3 is 6.03 Å². The van der Waals surface area contributed by atoms with Crippen LogP contribution in [0.3, 0.4) is 0 Å². The molecule has 1 aromatic rings. The van der Waals surface area contributed by atoms with E-state index in [0.717, 1.165) is 38.0 Å². The summed E-state index contributed by atoms with van der Waals surface area (Å²) >= 11 is 0. The van der Waals surface area contributed by atoms with E-state index in [-0.39, 0.29) is 17.9 Å². The van der Waals surface area contributed by atoms with Crippen LogP contribution in [0.4, 0.5) is 4.79 Å². The van der Waals surface area contributed by atoms with Crippen LogP contribution in [0.25, 0.3) is 0 Å². The third-order valence-corrected chi connectivity index (χ3v) is 5.25. The highest BCUT2D eigenvalue weighted by Crippen LogP contribution is 2.33. The van der Waals surface area contributed by atoms with E-state index in [4.69, 9.17) is 4.74 Å². The van der Waals surface area contributed by atoms with E-state index in [1.54, 1.807) is 7.11 Å². The second-order valence-corrected chi connectivity index (χ2v) is 6.72. The molecule has 0 radical (unpaired) electrons. The number of amides is 3. The molecule has 8 heteroatoms. The molecular formula is C17H25N5O3. The second kappa shape index (κ2) is 7.45. The van der Waals surface area contributed by atoms with Crippen molar-refractivity contribution in [3.63, 3.8) is 0 Å². The number of piperidine rings is 1. The van der Waals surface area contributed by atoms with Crippen LogP contribution < -0.4 is 10.6 Å². The summed E-state index contributed by atoms with van der Waals surface area (Å²) in [5.41, 5.74) is 0.323. The maximum Gasteiger partial charge on any atom is 0.322 e. The molecule has 0 aliphatic carbocycles. The zero-order valence-corrected chi connectivity index (χ0v) is 14.7. The van der Waals surface area contributed by atoms with Crippen molar-refractivity contribution in [3.05, 3.63) is 23.8 Å². The molecule has 1 atom stereocenters. The van der Waals surface area contributed by atoms with Crippen LogP contribution in [0.2, 0.25) is 0 Å². The molecule has 8 nitrogen and oxygen atoms in total. The first-order valence-corrected chi connectivity index (χ1v) is 8.72. The number of methoxy groups -OCH3 is 1.